The highest BCUT2D eigenvalue weighted by Crippen LogP contribution is 2.20. The molecule has 50 heteroatoms. The number of allylic oxidation sites excluding steroid dienone is 2. The minimum atomic E-state index is -2.86. The van der Waals surface area contributed by atoms with Crippen molar-refractivity contribution < 1.29 is 160 Å². The lowest BCUT2D eigenvalue weighted by Crippen LogP contribution is -2.49. The van der Waals surface area contributed by atoms with Crippen molar-refractivity contribution >= 4 is 174 Å². The van der Waals surface area contributed by atoms with Crippen LogP contribution in [0.3, 0.4) is 0 Å². The number of rotatable bonds is 52. The van der Waals surface area contributed by atoms with Gasteiger partial charge in [0.25, 0.3) is 0 Å². The van der Waals surface area contributed by atoms with Crippen LogP contribution >= 0.6 is 0 Å². The Kier molecular flexibility index (Phi) is 111. The van der Waals surface area contributed by atoms with E-state index in [1.165, 1.54) is 42.7 Å². The van der Waals surface area contributed by atoms with Gasteiger partial charge < -0.3 is 160 Å². The van der Waals surface area contributed by atoms with E-state index in [1.807, 2.05) is 125 Å². The third-order valence-corrected chi connectivity index (χ3v) is 54.0. The molecule has 11 N–H and O–H groups in total. The van der Waals surface area contributed by atoms with E-state index in [-0.39, 0.29) is 62.3 Å². The van der Waals surface area contributed by atoms with Gasteiger partial charge in [0.15, 0.2) is 16.1 Å². The van der Waals surface area contributed by atoms with Gasteiger partial charge in [-0.15, -0.1) is 5.70 Å². The molecule has 0 amide bonds. The van der Waals surface area contributed by atoms with Gasteiger partial charge in [0.1, 0.15) is 56.9 Å². The van der Waals surface area contributed by atoms with Crippen molar-refractivity contribution in [1.82, 2.24) is 0 Å². The highest BCUT2D eigenvalue weighted by Gasteiger charge is 2.41. The van der Waals surface area contributed by atoms with Crippen molar-refractivity contribution in [2.45, 2.75) is 185 Å². The molecular weight excluding hydrogens is 1930 g/mol. The van der Waals surface area contributed by atoms with Crippen molar-refractivity contribution in [3.63, 3.8) is 0 Å². The molecule has 0 saturated heterocycles. The van der Waals surface area contributed by atoms with E-state index in [9.17, 15) is 30.6 Å². The zero-order valence-corrected chi connectivity index (χ0v) is 102. The van der Waals surface area contributed by atoms with E-state index in [0.29, 0.717) is 32.1 Å². The van der Waals surface area contributed by atoms with Crippen LogP contribution in [0.1, 0.15) is 41.5 Å². The quantitative estimate of drug-likeness (QED) is 0.0256. The lowest BCUT2D eigenvalue weighted by Gasteiger charge is -2.26. The molecule has 0 unspecified atom stereocenters. The minimum Gasteiger partial charge on any atom is -0.417 e. The maximum atomic E-state index is 9.19. The SMILES string of the molecule is C=O.C=O.C=O.C=O.C=O.C=O.CCO[Si](C)(C)C=C[Si](C)(C)C.CCO[Si](C)(C=C[Si](C)(C)C)OCC.CCO[Si](C=C[Si](C)(C)C)(OCC)OCC.CO[Si](C)(C)C=C[Si](C)(C)CO.CO[Si](C)(C/C=C/[Si](C)(CO)CO)OC.CO[Si](C)(C=C[Si](C)(CO)CO)OC.CO[Si](C/C=C/[Si](CO)(CO)CO)(OC)OC.CO[Si](C=C[Si](CO)(CO)CO)(OC)OC. The van der Waals surface area contributed by atoms with Gasteiger partial charge in [0.05, 0.1) is 32.3 Å². The van der Waals surface area contributed by atoms with Gasteiger partial charge in [-0.05, 0) is 98.8 Å². The molecular formula is C78H188O34Si16. The molecule has 0 aromatic heterocycles. The van der Waals surface area contributed by atoms with Crippen molar-refractivity contribution in [2.24, 2.45) is 0 Å². The van der Waals surface area contributed by atoms with E-state index in [2.05, 4.69) is 157 Å². The fourth-order valence-electron chi connectivity index (χ4n) is 7.75. The number of carbonyl (C=O) groups excluding carboxylic acids is 6. The zero-order chi connectivity index (χ0) is 105. The number of aliphatic hydroxyl groups is 11. The van der Waals surface area contributed by atoms with Gasteiger partial charge in [-0.3, -0.25) is 0 Å². The molecule has 128 heavy (non-hydrogen) atoms. The Hall–Kier alpha value is -1.71. The van der Waals surface area contributed by atoms with Crippen LogP contribution in [-0.2, 0) is 104 Å². The van der Waals surface area contributed by atoms with E-state index in [0.717, 1.165) is 25.9 Å². The van der Waals surface area contributed by atoms with Gasteiger partial charge in [0.2, 0.25) is 16.6 Å². The van der Waals surface area contributed by atoms with Gasteiger partial charge in [-0.2, -0.15) is 0 Å². The van der Waals surface area contributed by atoms with Crippen molar-refractivity contribution in [1.29, 1.82) is 0 Å². The number of aliphatic hydroxyl groups excluding tert-OH is 11. The maximum absolute atomic E-state index is 9.19. The van der Waals surface area contributed by atoms with Crippen LogP contribution in [0.15, 0.2) is 91.9 Å². The second-order valence-corrected chi connectivity index (χ2v) is 95.1. The molecule has 0 aromatic rings. The van der Waals surface area contributed by atoms with Gasteiger partial charge in [-0.25, -0.2) is 0 Å². The molecule has 768 valence electrons. The summed E-state index contributed by atoms with van der Waals surface area (Å²) in [4.78, 5) is 48.0. The summed E-state index contributed by atoms with van der Waals surface area (Å²) in [6.07, 6.45) is 2.95. The monoisotopic (exact) mass is 2120 g/mol. The lowest BCUT2D eigenvalue weighted by molar-refractivity contribution is -0.0987. The largest absolute Gasteiger partial charge is 0.528 e. The van der Waals surface area contributed by atoms with E-state index in [4.69, 9.17) is 130 Å². The first-order valence-electron chi connectivity index (χ1n) is 41.3. The van der Waals surface area contributed by atoms with Gasteiger partial charge in [0, 0.05) is 198 Å². The first-order valence-corrected chi connectivity index (χ1v) is 85.5. The highest BCUT2D eigenvalue weighted by atomic mass is 28.4. The fourth-order valence-corrected chi connectivity index (χ4v) is 37.5. The summed E-state index contributed by atoms with van der Waals surface area (Å²) in [6, 6.07) is 1.17. The molecule has 0 fully saturated rings. The van der Waals surface area contributed by atoms with Gasteiger partial charge in [-0.1, -0.05) is 160 Å². The maximum Gasteiger partial charge on any atom is 0.528 e. The van der Waals surface area contributed by atoms with Crippen molar-refractivity contribution in [3.8, 4) is 0 Å². The second-order valence-electron chi connectivity index (χ2n) is 33.2. The Morgan fingerprint density at radius 2 is 0.508 bits per heavy atom. The Morgan fingerprint density at radius 1 is 0.227 bits per heavy atom. The molecule has 0 heterocycles. The van der Waals surface area contributed by atoms with Crippen LogP contribution in [0.2, 0.25) is 143 Å². The van der Waals surface area contributed by atoms with Crippen molar-refractivity contribution in [2.75, 3.05) is 186 Å². The Balaban J connectivity index is -0.0000000951. The predicted octanol–water partition coefficient (Wildman–Crippen LogP) is 8.18. The third kappa shape index (κ3) is 88.3. The summed E-state index contributed by atoms with van der Waals surface area (Å²) in [5.74, 6) is 0. The second kappa shape index (κ2) is 90.4. The normalized spacial score (nSPS) is 12.7. The summed E-state index contributed by atoms with van der Waals surface area (Å²) >= 11 is 0. The number of carbonyl (C=O) groups is 6. The number of hydrogen-bond donors (Lipinski definition) is 11. The average molecular weight is 2120 g/mol. The first-order chi connectivity index (χ1) is 59.4. The Morgan fingerprint density at radius 3 is 0.773 bits per heavy atom. The molecule has 0 spiro atoms. The standard InChI is InChI=1S/C11H26O3Si2.C10H24O2Si2.C9H22O6Si2.C9H22O4Si2.C9H22OSi2.C8H20O6Si2.C8H20O4Si2.C8H20O2Si2.6CH2O/c1-7-12-16(13-8-2,14-9-3)11-10-15(4,5)6;1-7-11-14(6,12-8-2)10-9-13(3,4)5;1-13-17(14-2,15-3)6-4-5-16(7-10,8-11)9-12;1-12-15(4,13-2)7-5-6-14(3,8-10)9-11;1-7-10-12(5,6)9-8-11(2,3)4;1-12-16(13-2,14-3)5-4-15(6-9,7-10)8-11;1-11-14(4,12-2)6-5-13(3,7-9)8-10;1-10-12(4,5)7-6-11(2,3)8-9;6*1-2/h10-11H,7-9H2,1-6H3;9-10H,7-8H2,1-6H3;4-5,10-12H,6-9H2,1-3H3;5-6,10-11H,7-9H2,1-4H3;8-9H,7H2,1-6H3;4-5,9-11H,6-8H2,1-3H3;5-6,9-10H,7-8H2,1-4H3;6-7,9H,8H2,1-5H3;6*1H2/b;;5-4+;6-5+;;;;;;;;;;. The van der Waals surface area contributed by atoms with Crippen LogP contribution in [-0.4, -0.2) is 417 Å². The Bertz CT molecular complexity index is 2570. The minimum absolute atomic E-state index is 0.0396. The summed E-state index contributed by atoms with van der Waals surface area (Å²) in [7, 11) is -14.1. The van der Waals surface area contributed by atoms with Crippen LogP contribution in [0.25, 0.3) is 0 Å². The molecule has 0 aliphatic carbocycles. The summed E-state index contributed by atoms with van der Waals surface area (Å²) in [6.45, 7) is 72.0. The fraction of sp³-hybridized carbons (Fsp3) is 0.718. The number of hydrogen-bond acceptors (Lipinski definition) is 34. The third-order valence-electron chi connectivity index (χ3n) is 17.0. The van der Waals surface area contributed by atoms with E-state index in [1.54, 1.807) is 58.7 Å². The smallest absolute Gasteiger partial charge is 0.417 e. The molecule has 0 aliphatic heterocycles. The molecule has 0 atom stereocenters. The molecule has 0 aliphatic rings. The summed E-state index contributed by atoms with van der Waals surface area (Å²) in [5, 5.41) is 101. The van der Waals surface area contributed by atoms with Crippen LogP contribution in [0.5, 0.6) is 0 Å². The topological polar surface area (TPSA) is 482 Å². The Labute approximate surface area is 791 Å². The van der Waals surface area contributed by atoms with Gasteiger partial charge >= 0.3 is 52.1 Å². The molecule has 0 aromatic carbocycles. The predicted molar refractivity (Wildman–Crippen MR) is 560 cm³/mol. The summed E-state index contributed by atoms with van der Waals surface area (Å²) < 4.78 is 92.0. The molecule has 0 radical (unpaired) electrons. The molecule has 0 saturated carbocycles. The van der Waals surface area contributed by atoms with Crippen LogP contribution < -0.4 is 0 Å². The zero-order valence-electron chi connectivity index (χ0n) is 86.2. The molecule has 34 nitrogen and oxygen atoms in total. The average Bonchev–Trinajstić information content (AvgIpc) is 0.879. The highest BCUT2D eigenvalue weighted by molar-refractivity contribution is 6.88. The molecule has 0 rings (SSSR count). The van der Waals surface area contributed by atoms with Crippen LogP contribution in [0, 0.1) is 0 Å². The summed E-state index contributed by atoms with van der Waals surface area (Å²) in [5.41, 5.74) is 28.6. The van der Waals surface area contributed by atoms with Crippen molar-refractivity contribution in [3.05, 3.63) is 91.9 Å². The molecule has 0 bridgehead atoms. The van der Waals surface area contributed by atoms with Crippen LogP contribution in [0.4, 0.5) is 0 Å². The van der Waals surface area contributed by atoms with E-state index < -0.39 is 133 Å². The van der Waals surface area contributed by atoms with E-state index >= 15 is 0 Å². The first kappa shape index (κ1) is 157. The lowest BCUT2D eigenvalue weighted by atomic mass is 10.8.